The van der Waals surface area contributed by atoms with E-state index in [1.807, 2.05) is 20.8 Å². The molecule has 13 heavy (non-hydrogen) atoms. The molecule has 0 radical (unpaired) electrons. The highest BCUT2D eigenvalue weighted by atomic mass is 32.2. The van der Waals surface area contributed by atoms with Crippen LogP contribution in [0.5, 0.6) is 0 Å². The van der Waals surface area contributed by atoms with Gasteiger partial charge in [0.25, 0.3) is 0 Å². The maximum atomic E-state index is 11.4. The highest BCUT2D eigenvalue weighted by molar-refractivity contribution is 7.84. The van der Waals surface area contributed by atoms with Crippen LogP contribution in [0.25, 0.3) is 0 Å². The molecule has 78 valence electrons. The van der Waals surface area contributed by atoms with Gasteiger partial charge in [0.05, 0.1) is 29.3 Å². The molecule has 1 unspecified atom stereocenters. The van der Waals surface area contributed by atoms with Gasteiger partial charge in [-0.15, -0.1) is 0 Å². The lowest BCUT2D eigenvalue weighted by Gasteiger charge is -2.17. The Bertz CT molecular complexity index is 198. The summed E-state index contributed by atoms with van der Waals surface area (Å²) in [6.07, 6.45) is 0.248. The highest BCUT2D eigenvalue weighted by Gasteiger charge is 2.18. The summed E-state index contributed by atoms with van der Waals surface area (Å²) in [6.45, 7) is 5.99. The first-order chi connectivity index (χ1) is 5.88. The molecule has 0 fully saturated rings. The molecule has 0 spiro atoms. The van der Waals surface area contributed by atoms with E-state index < -0.39 is 11.0 Å². The SMILES string of the molecule is COC(=O)CCNS(=O)C(C)(C)C. The first-order valence-electron chi connectivity index (χ1n) is 4.10. The van der Waals surface area contributed by atoms with Crippen molar-refractivity contribution in [3.05, 3.63) is 0 Å². The Labute approximate surface area is 81.6 Å². The average Bonchev–Trinajstić information content (AvgIpc) is 2.02. The van der Waals surface area contributed by atoms with Gasteiger partial charge in [-0.25, -0.2) is 8.93 Å². The molecule has 0 aromatic rings. The number of hydrogen-bond acceptors (Lipinski definition) is 3. The molecule has 0 aliphatic rings. The third-order valence-corrected chi connectivity index (χ3v) is 2.92. The molecule has 1 atom stereocenters. The van der Waals surface area contributed by atoms with Crippen LogP contribution in [0.3, 0.4) is 0 Å². The molecular formula is C8H17NO3S. The molecule has 1 N–H and O–H groups in total. The van der Waals surface area contributed by atoms with Gasteiger partial charge in [0, 0.05) is 6.54 Å². The molecule has 0 amide bonds. The lowest BCUT2D eigenvalue weighted by Crippen LogP contribution is -2.34. The quantitative estimate of drug-likeness (QED) is 0.687. The molecule has 5 heteroatoms. The second kappa shape index (κ2) is 5.34. The Morgan fingerprint density at radius 2 is 2.00 bits per heavy atom. The Morgan fingerprint density at radius 1 is 1.46 bits per heavy atom. The van der Waals surface area contributed by atoms with E-state index in [4.69, 9.17) is 0 Å². The van der Waals surface area contributed by atoms with Crippen molar-refractivity contribution >= 4 is 17.0 Å². The van der Waals surface area contributed by atoms with Crippen LogP contribution in [-0.4, -0.2) is 28.6 Å². The lowest BCUT2D eigenvalue weighted by atomic mass is 10.3. The number of nitrogens with one attached hydrogen (secondary N) is 1. The number of carbonyl (C=O) groups is 1. The number of ether oxygens (including phenoxy) is 1. The van der Waals surface area contributed by atoms with Gasteiger partial charge in [-0.2, -0.15) is 0 Å². The molecule has 0 bridgehead atoms. The summed E-state index contributed by atoms with van der Waals surface area (Å²) in [4.78, 5) is 10.7. The van der Waals surface area contributed by atoms with Gasteiger partial charge in [-0.3, -0.25) is 4.79 Å². The fraction of sp³-hybridized carbons (Fsp3) is 0.875. The molecule has 0 aliphatic heterocycles. The Hall–Kier alpha value is -0.420. The second-order valence-corrected chi connectivity index (χ2v) is 5.65. The van der Waals surface area contributed by atoms with E-state index in [0.717, 1.165) is 0 Å². The molecule has 0 aliphatic carbocycles. The minimum Gasteiger partial charge on any atom is -0.469 e. The van der Waals surface area contributed by atoms with Crippen molar-refractivity contribution in [1.29, 1.82) is 0 Å². The number of hydrogen-bond donors (Lipinski definition) is 1. The normalized spacial score (nSPS) is 13.8. The average molecular weight is 207 g/mol. The summed E-state index contributed by atoms with van der Waals surface area (Å²) in [5.41, 5.74) is 0. The second-order valence-electron chi connectivity index (χ2n) is 3.60. The van der Waals surface area contributed by atoms with E-state index >= 15 is 0 Å². The Kier molecular flexibility index (Phi) is 5.17. The Balaban J connectivity index is 3.67. The summed E-state index contributed by atoms with van der Waals surface area (Å²) in [6, 6.07) is 0. The number of rotatable bonds is 4. The zero-order valence-corrected chi connectivity index (χ0v) is 9.36. The van der Waals surface area contributed by atoms with Crippen LogP contribution in [0, 0.1) is 0 Å². The summed E-state index contributed by atoms with van der Waals surface area (Å²) in [5, 5.41) is 0. The molecule has 0 saturated carbocycles. The van der Waals surface area contributed by atoms with Gasteiger partial charge in [0.2, 0.25) is 0 Å². The van der Waals surface area contributed by atoms with Crippen molar-refractivity contribution in [2.24, 2.45) is 0 Å². The van der Waals surface area contributed by atoms with E-state index in [0.29, 0.717) is 6.54 Å². The van der Waals surface area contributed by atoms with E-state index in [1.165, 1.54) is 7.11 Å². The third-order valence-electron chi connectivity index (χ3n) is 1.35. The van der Waals surface area contributed by atoms with Gasteiger partial charge in [0.1, 0.15) is 0 Å². The van der Waals surface area contributed by atoms with Crippen molar-refractivity contribution < 1.29 is 13.7 Å². The molecule has 0 rings (SSSR count). The van der Waals surface area contributed by atoms with Crippen molar-refractivity contribution in [1.82, 2.24) is 4.72 Å². The molecular weight excluding hydrogens is 190 g/mol. The standard InChI is InChI=1S/C8H17NO3S/c1-8(2,3)13(11)9-6-5-7(10)12-4/h9H,5-6H2,1-4H3. The van der Waals surface area contributed by atoms with Crippen LogP contribution in [0.1, 0.15) is 27.2 Å². The fourth-order valence-electron chi connectivity index (χ4n) is 0.564. The third kappa shape index (κ3) is 5.76. The van der Waals surface area contributed by atoms with Crippen molar-refractivity contribution in [2.75, 3.05) is 13.7 Å². The van der Waals surface area contributed by atoms with E-state index in [-0.39, 0.29) is 17.1 Å². The van der Waals surface area contributed by atoms with Gasteiger partial charge in [-0.05, 0) is 20.8 Å². The smallest absolute Gasteiger partial charge is 0.306 e. The zero-order chi connectivity index (χ0) is 10.5. The minimum absolute atomic E-state index is 0.248. The molecule has 0 saturated heterocycles. The van der Waals surface area contributed by atoms with Crippen LogP contribution in [0.4, 0.5) is 0 Å². The zero-order valence-electron chi connectivity index (χ0n) is 8.55. The monoisotopic (exact) mass is 207 g/mol. The van der Waals surface area contributed by atoms with Gasteiger partial charge in [-0.1, -0.05) is 0 Å². The number of methoxy groups -OCH3 is 1. The number of esters is 1. The molecule has 0 aromatic carbocycles. The van der Waals surface area contributed by atoms with Gasteiger partial charge in [0.15, 0.2) is 0 Å². The van der Waals surface area contributed by atoms with Crippen LogP contribution in [0.15, 0.2) is 0 Å². The summed E-state index contributed by atoms with van der Waals surface area (Å²) < 4.78 is 18.3. The lowest BCUT2D eigenvalue weighted by molar-refractivity contribution is -0.140. The topological polar surface area (TPSA) is 55.4 Å². The first kappa shape index (κ1) is 12.6. The summed E-state index contributed by atoms with van der Waals surface area (Å²) in [5.74, 6) is -0.293. The number of carbonyl (C=O) groups excluding carboxylic acids is 1. The molecule has 4 nitrogen and oxygen atoms in total. The van der Waals surface area contributed by atoms with Crippen molar-refractivity contribution in [3.8, 4) is 0 Å². The summed E-state index contributed by atoms with van der Waals surface area (Å²) in [7, 11) is 0.223. The maximum Gasteiger partial charge on any atom is 0.306 e. The van der Waals surface area contributed by atoms with E-state index in [9.17, 15) is 9.00 Å². The van der Waals surface area contributed by atoms with Gasteiger partial charge < -0.3 is 4.74 Å². The van der Waals surface area contributed by atoms with Crippen LogP contribution < -0.4 is 4.72 Å². The first-order valence-corrected chi connectivity index (χ1v) is 5.25. The van der Waals surface area contributed by atoms with E-state index in [1.54, 1.807) is 0 Å². The highest BCUT2D eigenvalue weighted by Crippen LogP contribution is 2.08. The molecule has 0 heterocycles. The van der Waals surface area contributed by atoms with Gasteiger partial charge >= 0.3 is 5.97 Å². The van der Waals surface area contributed by atoms with Crippen molar-refractivity contribution in [2.45, 2.75) is 31.9 Å². The minimum atomic E-state index is -1.11. The van der Waals surface area contributed by atoms with Crippen molar-refractivity contribution in [3.63, 3.8) is 0 Å². The van der Waals surface area contributed by atoms with Crippen LogP contribution >= 0.6 is 0 Å². The predicted molar refractivity (Wildman–Crippen MR) is 52.5 cm³/mol. The predicted octanol–water partition coefficient (Wildman–Crippen LogP) is 0.601. The maximum absolute atomic E-state index is 11.4. The summed E-state index contributed by atoms with van der Waals surface area (Å²) >= 11 is 0. The van der Waals surface area contributed by atoms with Crippen LogP contribution in [-0.2, 0) is 20.5 Å². The largest absolute Gasteiger partial charge is 0.469 e. The van der Waals surface area contributed by atoms with E-state index in [2.05, 4.69) is 9.46 Å². The van der Waals surface area contributed by atoms with Crippen LogP contribution in [0.2, 0.25) is 0 Å². The fourth-order valence-corrected chi connectivity index (χ4v) is 1.28. The Morgan fingerprint density at radius 3 is 2.38 bits per heavy atom. The molecule has 0 aromatic heterocycles.